The number of piperidine rings is 1. The smallest absolute Gasteiger partial charge is 0.165 e. The van der Waals surface area contributed by atoms with E-state index in [-0.39, 0.29) is 23.6 Å². The number of rotatable bonds is 4. The minimum Gasteiger partial charge on any atom is -0.493 e. The van der Waals surface area contributed by atoms with E-state index in [0.29, 0.717) is 0 Å². The van der Waals surface area contributed by atoms with Crippen molar-refractivity contribution in [3.05, 3.63) is 23.3 Å². The molecule has 2 bridgehead atoms. The van der Waals surface area contributed by atoms with Gasteiger partial charge in [-0.1, -0.05) is 6.07 Å². The van der Waals surface area contributed by atoms with Crippen LogP contribution in [0, 0.1) is 5.92 Å². The van der Waals surface area contributed by atoms with E-state index in [1.165, 1.54) is 24.0 Å². The molecule has 1 aromatic carbocycles. The molecule has 6 rings (SSSR count). The summed E-state index contributed by atoms with van der Waals surface area (Å²) in [5, 5.41) is 15.8. The fourth-order valence-corrected chi connectivity index (χ4v) is 6.93. The SMILES string of the molecule is CN[C@@H]1CC[C@@]2(O)[C@H]3Cc4ccc(OC)c5c4[C@@]2(CCN3CC2CC2)[C@H]1O5. The molecule has 0 radical (unpaired) electrons. The van der Waals surface area contributed by atoms with E-state index in [4.69, 9.17) is 9.47 Å². The second-order valence-corrected chi connectivity index (χ2v) is 9.41. The third-order valence-electron chi connectivity index (χ3n) is 8.34. The zero-order valence-corrected chi connectivity index (χ0v) is 16.3. The molecule has 2 saturated carbocycles. The van der Waals surface area contributed by atoms with E-state index in [0.717, 1.165) is 56.2 Å². The van der Waals surface area contributed by atoms with Gasteiger partial charge in [-0.2, -0.15) is 0 Å². The molecule has 2 aliphatic heterocycles. The van der Waals surface area contributed by atoms with Gasteiger partial charge < -0.3 is 19.9 Å². The molecule has 146 valence electrons. The first kappa shape index (κ1) is 16.6. The first-order chi connectivity index (χ1) is 13.1. The maximum Gasteiger partial charge on any atom is 0.165 e. The molecule has 5 aliphatic rings. The van der Waals surface area contributed by atoms with Gasteiger partial charge in [0.05, 0.1) is 18.1 Å². The van der Waals surface area contributed by atoms with Crippen LogP contribution in [0.5, 0.6) is 11.5 Å². The summed E-state index contributed by atoms with van der Waals surface area (Å²) < 4.78 is 12.3. The summed E-state index contributed by atoms with van der Waals surface area (Å²) in [5.74, 6) is 2.56. The lowest BCUT2D eigenvalue weighted by molar-refractivity contribution is -0.191. The van der Waals surface area contributed by atoms with Crippen molar-refractivity contribution in [2.45, 2.75) is 67.7 Å². The molecule has 0 amide bonds. The van der Waals surface area contributed by atoms with Crippen LogP contribution in [0.25, 0.3) is 0 Å². The summed E-state index contributed by atoms with van der Waals surface area (Å²) in [7, 11) is 3.74. The van der Waals surface area contributed by atoms with Gasteiger partial charge in [0.1, 0.15) is 6.10 Å². The zero-order chi connectivity index (χ0) is 18.4. The van der Waals surface area contributed by atoms with Crippen LogP contribution in [0.3, 0.4) is 0 Å². The lowest BCUT2D eigenvalue weighted by atomic mass is 9.48. The van der Waals surface area contributed by atoms with Crippen LogP contribution in [0.1, 0.15) is 43.2 Å². The Balaban J connectivity index is 1.55. The van der Waals surface area contributed by atoms with Crippen LogP contribution in [0.4, 0.5) is 0 Å². The van der Waals surface area contributed by atoms with Gasteiger partial charge in [0.15, 0.2) is 11.5 Å². The first-order valence-corrected chi connectivity index (χ1v) is 10.6. The van der Waals surface area contributed by atoms with E-state index in [1.54, 1.807) is 7.11 Å². The Bertz CT molecular complexity index is 794. The number of aliphatic hydroxyl groups is 1. The highest BCUT2D eigenvalue weighted by molar-refractivity contribution is 5.63. The standard InChI is InChI=1S/C22H30N2O3/c1-23-15-7-8-22(25)17-11-14-5-6-16(26-2)19-18(14)21(22,20(15)27-19)9-10-24(17)12-13-3-4-13/h5-6,13,15,17,20,23,25H,3-4,7-12H2,1-2H3/t15-,17-,20+,21+,22-/m1/s1. The van der Waals surface area contributed by atoms with Crippen molar-refractivity contribution < 1.29 is 14.6 Å². The lowest BCUT2D eigenvalue weighted by Gasteiger charge is -2.64. The number of likely N-dealkylation sites (tertiary alicyclic amines) is 1. The maximum absolute atomic E-state index is 12.3. The van der Waals surface area contributed by atoms with Crippen molar-refractivity contribution in [3.8, 4) is 11.5 Å². The lowest BCUT2D eigenvalue weighted by Crippen LogP contribution is -2.78. The number of hydrogen-bond donors (Lipinski definition) is 2. The van der Waals surface area contributed by atoms with Crippen molar-refractivity contribution >= 4 is 0 Å². The average molecular weight is 370 g/mol. The number of methoxy groups -OCH3 is 1. The summed E-state index contributed by atoms with van der Waals surface area (Å²) >= 11 is 0. The van der Waals surface area contributed by atoms with Gasteiger partial charge >= 0.3 is 0 Å². The minimum absolute atomic E-state index is 0.0165. The van der Waals surface area contributed by atoms with Crippen LogP contribution < -0.4 is 14.8 Å². The van der Waals surface area contributed by atoms with Crippen molar-refractivity contribution in [2.75, 3.05) is 27.2 Å². The van der Waals surface area contributed by atoms with E-state index in [2.05, 4.69) is 22.3 Å². The Morgan fingerprint density at radius 2 is 2.15 bits per heavy atom. The molecule has 0 aromatic heterocycles. The molecule has 3 fully saturated rings. The first-order valence-electron chi connectivity index (χ1n) is 10.6. The van der Waals surface area contributed by atoms with Gasteiger partial charge in [-0.05, 0) is 69.7 Å². The Morgan fingerprint density at radius 1 is 1.30 bits per heavy atom. The number of hydrogen-bond acceptors (Lipinski definition) is 5. The van der Waals surface area contributed by atoms with Crippen molar-refractivity contribution in [1.82, 2.24) is 10.2 Å². The molecule has 5 nitrogen and oxygen atoms in total. The summed E-state index contributed by atoms with van der Waals surface area (Å²) in [6, 6.07) is 4.76. The minimum atomic E-state index is -0.706. The van der Waals surface area contributed by atoms with Crippen LogP contribution in [-0.4, -0.2) is 61.0 Å². The molecule has 1 spiro atoms. The Hall–Kier alpha value is -1.30. The monoisotopic (exact) mass is 370 g/mol. The molecule has 27 heavy (non-hydrogen) atoms. The molecular weight excluding hydrogens is 340 g/mol. The number of ether oxygens (including phenoxy) is 2. The summed E-state index contributed by atoms with van der Waals surface area (Å²) in [4.78, 5) is 2.62. The quantitative estimate of drug-likeness (QED) is 0.847. The molecule has 0 unspecified atom stereocenters. The molecule has 1 aromatic rings. The third-order valence-corrected chi connectivity index (χ3v) is 8.34. The fourth-order valence-electron chi connectivity index (χ4n) is 6.93. The van der Waals surface area contributed by atoms with Gasteiger partial charge in [-0.25, -0.2) is 0 Å². The predicted molar refractivity (Wildman–Crippen MR) is 103 cm³/mol. The number of nitrogens with one attached hydrogen (secondary N) is 1. The molecule has 1 saturated heterocycles. The fraction of sp³-hybridized carbons (Fsp3) is 0.727. The van der Waals surface area contributed by atoms with Gasteiger partial charge in [-0.3, -0.25) is 4.90 Å². The Kier molecular flexibility index (Phi) is 3.33. The Morgan fingerprint density at radius 3 is 2.89 bits per heavy atom. The van der Waals surface area contributed by atoms with Gasteiger partial charge in [-0.15, -0.1) is 0 Å². The topological polar surface area (TPSA) is 54.0 Å². The third kappa shape index (κ3) is 1.91. The van der Waals surface area contributed by atoms with Crippen molar-refractivity contribution in [1.29, 1.82) is 0 Å². The molecular formula is C22H30N2O3. The van der Waals surface area contributed by atoms with Crippen LogP contribution in [-0.2, 0) is 11.8 Å². The molecule has 5 atom stereocenters. The number of benzene rings is 1. The second kappa shape index (κ2) is 5.40. The van der Waals surface area contributed by atoms with E-state index < -0.39 is 5.60 Å². The van der Waals surface area contributed by atoms with E-state index >= 15 is 0 Å². The van der Waals surface area contributed by atoms with Gasteiger partial charge in [0, 0.05) is 24.2 Å². The molecule has 3 aliphatic carbocycles. The van der Waals surface area contributed by atoms with E-state index in [9.17, 15) is 5.11 Å². The molecule has 2 heterocycles. The van der Waals surface area contributed by atoms with E-state index in [1.807, 2.05) is 7.05 Å². The van der Waals surface area contributed by atoms with Crippen LogP contribution in [0.2, 0.25) is 0 Å². The van der Waals surface area contributed by atoms with Gasteiger partial charge in [0.25, 0.3) is 0 Å². The summed E-state index contributed by atoms with van der Waals surface area (Å²) in [6.45, 7) is 2.22. The maximum atomic E-state index is 12.3. The summed E-state index contributed by atoms with van der Waals surface area (Å²) in [5.41, 5.74) is 1.61. The summed E-state index contributed by atoms with van der Waals surface area (Å²) in [6.07, 6.45) is 6.41. The number of likely N-dealkylation sites (N-methyl/N-ethyl adjacent to an activating group) is 1. The largest absolute Gasteiger partial charge is 0.493 e. The van der Waals surface area contributed by atoms with Crippen LogP contribution in [0.15, 0.2) is 12.1 Å². The highest BCUT2D eigenvalue weighted by atomic mass is 16.5. The highest BCUT2D eigenvalue weighted by Crippen LogP contribution is 2.65. The highest BCUT2D eigenvalue weighted by Gasteiger charge is 2.72. The normalized spacial score (nSPS) is 41.8. The van der Waals surface area contributed by atoms with Crippen molar-refractivity contribution in [2.24, 2.45) is 5.92 Å². The molecule has 5 heteroatoms. The van der Waals surface area contributed by atoms with Crippen molar-refractivity contribution in [3.63, 3.8) is 0 Å². The average Bonchev–Trinajstić information content (AvgIpc) is 3.41. The number of nitrogens with zero attached hydrogens (tertiary/aromatic N) is 1. The Labute approximate surface area is 161 Å². The van der Waals surface area contributed by atoms with Gasteiger partial charge in [0.2, 0.25) is 0 Å². The predicted octanol–water partition coefficient (Wildman–Crippen LogP) is 1.85. The second-order valence-electron chi connectivity index (χ2n) is 9.41. The van der Waals surface area contributed by atoms with Crippen LogP contribution >= 0.6 is 0 Å². The zero-order valence-electron chi connectivity index (χ0n) is 16.3. The molecule has 2 N–H and O–H groups in total.